The molecule has 0 aliphatic carbocycles. The van der Waals surface area contributed by atoms with Gasteiger partial charge in [-0.25, -0.2) is 9.50 Å². The second kappa shape index (κ2) is 5.82. The molecule has 3 N–H and O–H groups in total. The smallest absolute Gasteiger partial charge is 0.353 e. The molecule has 1 aromatic carbocycles. The first-order valence-electron chi connectivity index (χ1n) is 6.60. The molecule has 1 atom stereocenters. The molecule has 23 heavy (non-hydrogen) atoms. The fraction of sp³-hybridized carbons (Fsp3) is 0.0714. The van der Waals surface area contributed by atoms with Crippen molar-refractivity contribution in [3.8, 4) is 6.07 Å². The molecule has 2 aromatic heterocycles. The van der Waals surface area contributed by atoms with Crippen LogP contribution >= 0.6 is 7.60 Å². The minimum atomic E-state index is -4.54. The first kappa shape index (κ1) is 15.2. The van der Waals surface area contributed by atoms with Crippen LogP contribution in [0, 0.1) is 11.3 Å². The van der Waals surface area contributed by atoms with Crippen LogP contribution in [-0.2, 0) is 4.57 Å². The van der Waals surface area contributed by atoms with Crippen LogP contribution in [-0.4, -0.2) is 24.4 Å². The lowest BCUT2D eigenvalue weighted by Gasteiger charge is -2.20. The van der Waals surface area contributed by atoms with Crippen molar-refractivity contribution in [3.63, 3.8) is 0 Å². The molecule has 8 nitrogen and oxygen atoms in total. The van der Waals surface area contributed by atoms with Gasteiger partial charge in [-0.05, 0) is 24.3 Å². The Balaban J connectivity index is 2.06. The van der Waals surface area contributed by atoms with Crippen molar-refractivity contribution in [1.82, 2.24) is 14.6 Å². The van der Waals surface area contributed by atoms with Crippen molar-refractivity contribution >= 4 is 18.9 Å². The third kappa shape index (κ3) is 3.07. The molecule has 3 aromatic rings. The molecular weight excluding hydrogens is 317 g/mol. The molecule has 0 aliphatic heterocycles. The number of para-hydroxylation sites is 1. The van der Waals surface area contributed by atoms with Gasteiger partial charge in [-0.3, -0.25) is 4.57 Å². The summed E-state index contributed by atoms with van der Waals surface area (Å²) in [4.78, 5) is 23.3. The van der Waals surface area contributed by atoms with E-state index in [1.54, 1.807) is 36.4 Å². The van der Waals surface area contributed by atoms with Crippen molar-refractivity contribution in [1.29, 1.82) is 5.26 Å². The highest BCUT2D eigenvalue weighted by Gasteiger charge is 2.32. The number of nitrogens with zero attached hydrogens (tertiary/aromatic N) is 4. The summed E-state index contributed by atoms with van der Waals surface area (Å²) in [5.74, 6) is -1.33. The molecule has 0 amide bonds. The number of aromatic nitrogens is 3. The van der Waals surface area contributed by atoms with E-state index >= 15 is 0 Å². The minimum Gasteiger partial charge on any atom is -0.367 e. The Bertz CT molecular complexity index is 928. The number of hydrogen-bond donors (Lipinski definition) is 3. The van der Waals surface area contributed by atoms with Gasteiger partial charge in [-0.1, -0.05) is 18.2 Å². The zero-order valence-corrected chi connectivity index (χ0v) is 12.6. The standard InChI is InChI=1S/C14H12N5O3P/c15-8-11-9-16-13-7-6-12(18-19(11)13)14(23(20,21)22)17-10-4-2-1-3-5-10/h1-7,9,14,17H,(H2,20,21,22). The van der Waals surface area contributed by atoms with Crippen LogP contribution in [0.4, 0.5) is 5.69 Å². The third-order valence-corrected chi connectivity index (χ3v) is 4.26. The second-order valence-corrected chi connectivity index (χ2v) is 6.48. The van der Waals surface area contributed by atoms with E-state index in [-0.39, 0.29) is 11.4 Å². The number of nitrogens with one attached hydrogen (secondary N) is 1. The molecule has 0 bridgehead atoms. The van der Waals surface area contributed by atoms with E-state index in [1.165, 1.54) is 16.8 Å². The largest absolute Gasteiger partial charge is 0.367 e. The maximum atomic E-state index is 11.9. The molecule has 3 rings (SSSR count). The summed E-state index contributed by atoms with van der Waals surface area (Å²) >= 11 is 0. The van der Waals surface area contributed by atoms with Crippen molar-refractivity contribution in [2.24, 2.45) is 0 Å². The van der Waals surface area contributed by atoms with Gasteiger partial charge in [0, 0.05) is 5.69 Å². The van der Waals surface area contributed by atoms with E-state index in [0.29, 0.717) is 11.3 Å². The van der Waals surface area contributed by atoms with E-state index < -0.39 is 13.4 Å². The summed E-state index contributed by atoms with van der Waals surface area (Å²) in [6.45, 7) is 0. The van der Waals surface area contributed by atoms with Crippen molar-refractivity contribution < 1.29 is 14.4 Å². The molecule has 0 radical (unpaired) electrons. The number of rotatable bonds is 4. The molecule has 0 saturated carbocycles. The minimum absolute atomic E-state index is 0.115. The van der Waals surface area contributed by atoms with Crippen LogP contribution in [0.25, 0.3) is 5.65 Å². The maximum absolute atomic E-state index is 11.9. The van der Waals surface area contributed by atoms with Gasteiger partial charge in [0.25, 0.3) is 0 Å². The zero-order chi connectivity index (χ0) is 16.4. The summed E-state index contributed by atoms with van der Waals surface area (Å²) < 4.78 is 13.1. The fourth-order valence-corrected chi connectivity index (χ4v) is 2.93. The van der Waals surface area contributed by atoms with Crippen LogP contribution in [0.1, 0.15) is 17.2 Å². The molecule has 9 heteroatoms. The maximum Gasteiger partial charge on any atom is 0.353 e. The number of imidazole rings is 1. The van der Waals surface area contributed by atoms with Gasteiger partial charge in [0.15, 0.2) is 17.1 Å². The van der Waals surface area contributed by atoms with Gasteiger partial charge in [0.1, 0.15) is 6.07 Å². The highest BCUT2D eigenvalue weighted by Crippen LogP contribution is 2.51. The monoisotopic (exact) mass is 329 g/mol. The first-order valence-corrected chi connectivity index (χ1v) is 8.29. The summed E-state index contributed by atoms with van der Waals surface area (Å²) in [6, 6.07) is 13.6. The highest BCUT2D eigenvalue weighted by molar-refractivity contribution is 7.52. The Kier molecular flexibility index (Phi) is 3.84. The van der Waals surface area contributed by atoms with Gasteiger partial charge in [0.05, 0.1) is 11.9 Å². The Hall–Kier alpha value is -2.72. The molecule has 0 aliphatic rings. The molecule has 0 spiro atoms. The number of benzene rings is 1. The van der Waals surface area contributed by atoms with Crippen LogP contribution < -0.4 is 5.32 Å². The molecular formula is C14H12N5O3P. The van der Waals surface area contributed by atoms with E-state index in [2.05, 4.69) is 15.4 Å². The average Bonchev–Trinajstić information content (AvgIpc) is 2.94. The lowest BCUT2D eigenvalue weighted by Crippen LogP contribution is -2.14. The molecule has 0 fully saturated rings. The van der Waals surface area contributed by atoms with E-state index in [1.807, 2.05) is 6.07 Å². The predicted molar refractivity (Wildman–Crippen MR) is 82.6 cm³/mol. The highest BCUT2D eigenvalue weighted by atomic mass is 31.2. The van der Waals surface area contributed by atoms with Gasteiger partial charge in [-0.2, -0.15) is 10.4 Å². The van der Waals surface area contributed by atoms with Crippen LogP contribution in [0.5, 0.6) is 0 Å². The lowest BCUT2D eigenvalue weighted by molar-refractivity contribution is 0.362. The molecule has 0 saturated heterocycles. The Labute approximate surface area is 131 Å². The summed E-state index contributed by atoms with van der Waals surface area (Å²) in [5, 5.41) is 16.0. The van der Waals surface area contributed by atoms with Crippen LogP contribution in [0.2, 0.25) is 0 Å². The van der Waals surface area contributed by atoms with Crippen molar-refractivity contribution in [2.45, 2.75) is 5.78 Å². The van der Waals surface area contributed by atoms with Gasteiger partial charge >= 0.3 is 7.60 Å². The van der Waals surface area contributed by atoms with E-state index in [4.69, 9.17) is 5.26 Å². The number of nitriles is 1. The number of hydrogen-bond acceptors (Lipinski definition) is 5. The number of anilines is 1. The molecule has 2 heterocycles. The third-order valence-electron chi connectivity index (χ3n) is 3.19. The molecule has 1 unspecified atom stereocenters. The van der Waals surface area contributed by atoms with Crippen LogP contribution in [0.3, 0.4) is 0 Å². The van der Waals surface area contributed by atoms with Gasteiger partial charge in [0.2, 0.25) is 0 Å². The summed E-state index contributed by atoms with van der Waals surface area (Å²) in [7, 11) is -4.54. The topological polar surface area (TPSA) is 124 Å². The summed E-state index contributed by atoms with van der Waals surface area (Å²) in [6.07, 6.45) is 1.35. The SMILES string of the molecule is N#Cc1cnc2ccc(C(Nc3ccccc3)P(=O)(O)O)nn12. The number of fused-ring (bicyclic) bond motifs is 1. The Morgan fingerprint density at radius 3 is 2.61 bits per heavy atom. The van der Waals surface area contributed by atoms with Crippen LogP contribution in [0.15, 0.2) is 48.7 Å². The van der Waals surface area contributed by atoms with Crippen molar-refractivity contribution in [2.75, 3.05) is 5.32 Å². The van der Waals surface area contributed by atoms with E-state index in [9.17, 15) is 14.4 Å². The molecule has 116 valence electrons. The van der Waals surface area contributed by atoms with E-state index in [0.717, 1.165) is 0 Å². The Morgan fingerprint density at radius 2 is 1.96 bits per heavy atom. The summed E-state index contributed by atoms with van der Waals surface area (Å²) in [5.41, 5.74) is 1.28. The second-order valence-electron chi connectivity index (χ2n) is 4.79. The zero-order valence-electron chi connectivity index (χ0n) is 11.7. The lowest BCUT2D eigenvalue weighted by atomic mass is 10.3. The normalized spacial score (nSPS) is 12.7. The average molecular weight is 329 g/mol. The Morgan fingerprint density at radius 1 is 1.22 bits per heavy atom. The van der Waals surface area contributed by atoms with Gasteiger partial charge < -0.3 is 15.1 Å². The first-order chi connectivity index (χ1) is 11.0. The predicted octanol–water partition coefficient (Wildman–Crippen LogP) is 1.89. The van der Waals surface area contributed by atoms with Gasteiger partial charge in [-0.15, -0.1) is 0 Å². The quantitative estimate of drug-likeness (QED) is 0.624. The van der Waals surface area contributed by atoms with Crippen molar-refractivity contribution in [3.05, 3.63) is 60.0 Å². The fourth-order valence-electron chi connectivity index (χ4n) is 2.13.